The predicted octanol–water partition coefficient (Wildman–Crippen LogP) is -0.243. The molecule has 1 rings (SSSR count). The standard InChI is InChI=1S/C7H14O4/c1-9-5-6(8)4-7-10-2-3-11-7/h6-8H,2-5H2,1H3. The van der Waals surface area contributed by atoms with Crippen LogP contribution in [0, 0.1) is 0 Å². The second-order valence-electron chi connectivity index (χ2n) is 2.52. The molecule has 0 aromatic rings. The highest BCUT2D eigenvalue weighted by molar-refractivity contribution is 4.60. The van der Waals surface area contributed by atoms with E-state index in [1.54, 1.807) is 7.11 Å². The summed E-state index contributed by atoms with van der Waals surface area (Å²) in [5.41, 5.74) is 0. The van der Waals surface area contributed by atoms with Crippen molar-refractivity contribution in [2.75, 3.05) is 26.9 Å². The van der Waals surface area contributed by atoms with Crippen LogP contribution in [0.25, 0.3) is 0 Å². The fraction of sp³-hybridized carbons (Fsp3) is 1.00. The molecule has 1 heterocycles. The third kappa shape index (κ3) is 3.16. The van der Waals surface area contributed by atoms with Crippen molar-refractivity contribution in [3.8, 4) is 0 Å². The first-order chi connectivity index (χ1) is 5.33. The van der Waals surface area contributed by atoms with Crippen LogP contribution in [0.1, 0.15) is 6.42 Å². The number of ether oxygens (including phenoxy) is 3. The molecule has 1 unspecified atom stereocenters. The lowest BCUT2D eigenvalue weighted by molar-refractivity contribution is -0.0798. The third-order valence-electron chi connectivity index (χ3n) is 1.51. The first-order valence-corrected chi connectivity index (χ1v) is 3.73. The average molecular weight is 162 g/mol. The molecule has 0 spiro atoms. The van der Waals surface area contributed by atoms with Gasteiger partial charge in [0.05, 0.1) is 25.9 Å². The molecule has 0 radical (unpaired) electrons. The van der Waals surface area contributed by atoms with E-state index < -0.39 is 6.10 Å². The molecule has 0 aromatic carbocycles. The van der Waals surface area contributed by atoms with Gasteiger partial charge in [0, 0.05) is 13.5 Å². The Bertz CT molecular complexity index is 101. The lowest BCUT2D eigenvalue weighted by atomic mass is 10.2. The number of hydrogen-bond acceptors (Lipinski definition) is 4. The van der Waals surface area contributed by atoms with Crippen LogP contribution < -0.4 is 0 Å². The van der Waals surface area contributed by atoms with Gasteiger partial charge in [-0.15, -0.1) is 0 Å². The van der Waals surface area contributed by atoms with Gasteiger partial charge >= 0.3 is 0 Å². The van der Waals surface area contributed by atoms with Crippen LogP contribution in [0.15, 0.2) is 0 Å². The molecule has 66 valence electrons. The predicted molar refractivity (Wildman–Crippen MR) is 38.2 cm³/mol. The molecule has 1 fully saturated rings. The molecule has 0 aliphatic carbocycles. The van der Waals surface area contributed by atoms with E-state index >= 15 is 0 Å². The van der Waals surface area contributed by atoms with Crippen molar-refractivity contribution in [3.05, 3.63) is 0 Å². The third-order valence-corrected chi connectivity index (χ3v) is 1.51. The van der Waals surface area contributed by atoms with Gasteiger partial charge in [0.15, 0.2) is 6.29 Å². The summed E-state index contributed by atoms with van der Waals surface area (Å²) in [6.45, 7) is 1.60. The highest BCUT2D eigenvalue weighted by Gasteiger charge is 2.19. The summed E-state index contributed by atoms with van der Waals surface area (Å²) in [6.07, 6.45) is -0.225. The van der Waals surface area contributed by atoms with Crippen molar-refractivity contribution >= 4 is 0 Å². The second kappa shape index (κ2) is 4.66. The van der Waals surface area contributed by atoms with Crippen LogP contribution in [0.3, 0.4) is 0 Å². The first-order valence-electron chi connectivity index (χ1n) is 3.73. The van der Waals surface area contributed by atoms with Gasteiger partial charge in [0.2, 0.25) is 0 Å². The van der Waals surface area contributed by atoms with Gasteiger partial charge in [0.25, 0.3) is 0 Å². The first kappa shape index (κ1) is 8.93. The molecular formula is C7H14O4. The van der Waals surface area contributed by atoms with Crippen molar-refractivity contribution < 1.29 is 19.3 Å². The molecule has 1 aliphatic rings. The van der Waals surface area contributed by atoms with E-state index in [1.165, 1.54) is 0 Å². The van der Waals surface area contributed by atoms with E-state index in [0.29, 0.717) is 26.2 Å². The summed E-state index contributed by atoms with van der Waals surface area (Å²) in [7, 11) is 1.56. The Balaban J connectivity index is 2.08. The van der Waals surface area contributed by atoms with Gasteiger partial charge in [-0.3, -0.25) is 0 Å². The average Bonchev–Trinajstić information content (AvgIpc) is 2.40. The monoisotopic (exact) mass is 162 g/mol. The quantitative estimate of drug-likeness (QED) is 0.619. The highest BCUT2D eigenvalue weighted by Crippen LogP contribution is 2.10. The minimum Gasteiger partial charge on any atom is -0.391 e. The van der Waals surface area contributed by atoms with Gasteiger partial charge < -0.3 is 19.3 Å². The van der Waals surface area contributed by atoms with Crippen molar-refractivity contribution in [3.63, 3.8) is 0 Å². The largest absolute Gasteiger partial charge is 0.391 e. The van der Waals surface area contributed by atoms with E-state index in [9.17, 15) is 5.11 Å². The van der Waals surface area contributed by atoms with Crippen LogP contribution in [-0.4, -0.2) is 44.4 Å². The Morgan fingerprint density at radius 3 is 2.73 bits per heavy atom. The van der Waals surface area contributed by atoms with E-state index in [4.69, 9.17) is 14.2 Å². The van der Waals surface area contributed by atoms with Crippen molar-refractivity contribution in [1.82, 2.24) is 0 Å². The summed E-state index contributed by atoms with van der Waals surface area (Å²) < 4.78 is 15.0. The molecule has 11 heavy (non-hydrogen) atoms. The summed E-state index contributed by atoms with van der Waals surface area (Å²) in [6, 6.07) is 0. The van der Waals surface area contributed by atoms with E-state index in [-0.39, 0.29) is 6.29 Å². The molecule has 4 heteroatoms. The van der Waals surface area contributed by atoms with Gasteiger partial charge in [-0.05, 0) is 0 Å². The highest BCUT2D eigenvalue weighted by atomic mass is 16.7. The number of aliphatic hydroxyl groups is 1. The molecule has 1 saturated heterocycles. The summed E-state index contributed by atoms with van der Waals surface area (Å²) >= 11 is 0. The topological polar surface area (TPSA) is 47.9 Å². The van der Waals surface area contributed by atoms with Crippen LogP contribution in [-0.2, 0) is 14.2 Å². The second-order valence-corrected chi connectivity index (χ2v) is 2.52. The maximum absolute atomic E-state index is 9.22. The zero-order valence-electron chi connectivity index (χ0n) is 6.66. The maximum Gasteiger partial charge on any atom is 0.160 e. The number of rotatable bonds is 4. The van der Waals surface area contributed by atoms with Crippen molar-refractivity contribution in [2.24, 2.45) is 0 Å². The van der Waals surface area contributed by atoms with Crippen LogP contribution >= 0.6 is 0 Å². The smallest absolute Gasteiger partial charge is 0.160 e. The minimum absolute atomic E-state index is 0.236. The van der Waals surface area contributed by atoms with E-state index in [2.05, 4.69) is 0 Å². The summed E-state index contributed by atoms with van der Waals surface area (Å²) in [5.74, 6) is 0. The van der Waals surface area contributed by atoms with Crippen molar-refractivity contribution in [1.29, 1.82) is 0 Å². The molecule has 0 amide bonds. The normalized spacial score (nSPS) is 22.4. The molecule has 1 atom stereocenters. The zero-order valence-corrected chi connectivity index (χ0v) is 6.66. The SMILES string of the molecule is COCC(O)CC1OCCO1. The molecule has 1 aliphatic heterocycles. The summed E-state index contributed by atoms with van der Waals surface area (Å²) in [4.78, 5) is 0. The van der Waals surface area contributed by atoms with Gasteiger partial charge in [-0.2, -0.15) is 0 Å². The lowest BCUT2D eigenvalue weighted by Gasteiger charge is -2.13. The minimum atomic E-state index is -0.483. The Morgan fingerprint density at radius 1 is 1.55 bits per heavy atom. The van der Waals surface area contributed by atoms with Crippen LogP contribution in [0.4, 0.5) is 0 Å². The van der Waals surface area contributed by atoms with Gasteiger partial charge in [0.1, 0.15) is 0 Å². The molecule has 4 nitrogen and oxygen atoms in total. The molecule has 0 aromatic heterocycles. The fourth-order valence-electron chi connectivity index (χ4n) is 1.03. The number of hydrogen-bond donors (Lipinski definition) is 1. The van der Waals surface area contributed by atoms with Crippen LogP contribution in [0.5, 0.6) is 0 Å². The number of aliphatic hydroxyl groups excluding tert-OH is 1. The molecular weight excluding hydrogens is 148 g/mol. The molecule has 1 N–H and O–H groups in total. The Hall–Kier alpha value is -0.160. The van der Waals surface area contributed by atoms with E-state index in [1.807, 2.05) is 0 Å². The van der Waals surface area contributed by atoms with Gasteiger partial charge in [-0.1, -0.05) is 0 Å². The lowest BCUT2D eigenvalue weighted by Crippen LogP contribution is -2.22. The zero-order chi connectivity index (χ0) is 8.10. The molecule has 0 bridgehead atoms. The van der Waals surface area contributed by atoms with Crippen molar-refractivity contribution in [2.45, 2.75) is 18.8 Å². The maximum atomic E-state index is 9.22. The molecule has 0 saturated carbocycles. The van der Waals surface area contributed by atoms with Gasteiger partial charge in [-0.25, -0.2) is 0 Å². The Labute approximate surface area is 66.1 Å². The summed E-state index contributed by atoms with van der Waals surface area (Å²) in [5, 5.41) is 9.22. The van der Waals surface area contributed by atoms with Crippen LogP contribution in [0.2, 0.25) is 0 Å². The number of methoxy groups -OCH3 is 1. The Kier molecular flexibility index (Phi) is 3.79. The fourth-order valence-corrected chi connectivity index (χ4v) is 1.03. The van der Waals surface area contributed by atoms with E-state index in [0.717, 1.165) is 0 Å². The Morgan fingerprint density at radius 2 is 2.18 bits per heavy atom.